The summed E-state index contributed by atoms with van der Waals surface area (Å²) in [6.45, 7) is 5.73. The van der Waals surface area contributed by atoms with Crippen molar-refractivity contribution in [1.29, 1.82) is 0 Å². The first-order valence-corrected chi connectivity index (χ1v) is 4.96. The number of rotatable bonds is 3. The number of carbonyl (C=O) groups excluding carboxylic acids is 2. The molecule has 1 rings (SSSR count). The molecule has 0 N–H and O–H groups in total. The lowest BCUT2D eigenvalue weighted by Crippen LogP contribution is -2.48. The van der Waals surface area contributed by atoms with E-state index in [0.717, 1.165) is 6.42 Å². The fourth-order valence-electron chi connectivity index (χ4n) is 2.34. The van der Waals surface area contributed by atoms with Crippen LogP contribution in [0.3, 0.4) is 0 Å². The molecule has 0 saturated heterocycles. The molecule has 0 amide bonds. The first-order valence-electron chi connectivity index (χ1n) is 4.96. The number of esters is 1. The Hall–Kier alpha value is -0.860. The highest BCUT2D eigenvalue weighted by atomic mass is 16.5. The number of carbonyl (C=O) groups is 2. The smallest absolute Gasteiger partial charge is 0.305 e. The van der Waals surface area contributed by atoms with Gasteiger partial charge in [0.25, 0.3) is 0 Å². The van der Waals surface area contributed by atoms with Crippen LogP contribution in [0, 0.1) is 17.3 Å². The van der Waals surface area contributed by atoms with E-state index in [-0.39, 0.29) is 23.1 Å². The van der Waals surface area contributed by atoms with Crippen molar-refractivity contribution in [3.8, 4) is 0 Å². The first kappa shape index (κ1) is 11.2. The molecule has 0 radical (unpaired) electrons. The lowest BCUT2D eigenvalue weighted by atomic mass is 9.53. The summed E-state index contributed by atoms with van der Waals surface area (Å²) in [5.41, 5.74) is -0.0416. The number of hydrogen-bond donors (Lipinski definition) is 0. The lowest BCUT2D eigenvalue weighted by molar-refractivity contribution is -0.151. The molecule has 1 aliphatic carbocycles. The monoisotopic (exact) mass is 198 g/mol. The van der Waals surface area contributed by atoms with Crippen LogP contribution in [-0.4, -0.2) is 18.9 Å². The Labute approximate surface area is 84.8 Å². The van der Waals surface area contributed by atoms with Crippen LogP contribution in [0.25, 0.3) is 0 Å². The molecule has 0 unspecified atom stereocenters. The standard InChI is InChI=1S/C11H18O3/c1-7(12)9-5-8(11(9,2)3)6-10(13)14-4/h8-9H,5-6H2,1-4H3/t8-,9-/m1/s1. The van der Waals surface area contributed by atoms with E-state index in [1.54, 1.807) is 6.92 Å². The topological polar surface area (TPSA) is 43.4 Å². The van der Waals surface area contributed by atoms with Gasteiger partial charge in [-0.15, -0.1) is 0 Å². The molecular formula is C11H18O3. The average molecular weight is 198 g/mol. The molecule has 0 spiro atoms. The molecule has 1 saturated carbocycles. The third-order valence-electron chi connectivity index (χ3n) is 3.60. The molecule has 80 valence electrons. The number of Topliss-reactive ketones (excluding diaryl/α,β-unsaturated/α-hetero) is 1. The molecule has 2 atom stereocenters. The van der Waals surface area contributed by atoms with Crippen molar-refractivity contribution in [1.82, 2.24) is 0 Å². The van der Waals surface area contributed by atoms with Crippen LogP contribution < -0.4 is 0 Å². The summed E-state index contributed by atoms with van der Waals surface area (Å²) in [4.78, 5) is 22.3. The number of ether oxygens (including phenoxy) is 1. The molecule has 3 heteroatoms. The highest BCUT2D eigenvalue weighted by molar-refractivity contribution is 5.80. The van der Waals surface area contributed by atoms with Crippen LogP contribution in [0.1, 0.15) is 33.6 Å². The third-order valence-corrected chi connectivity index (χ3v) is 3.60. The molecular weight excluding hydrogens is 180 g/mol. The molecule has 0 aliphatic heterocycles. The number of methoxy groups -OCH3 is 1. The van der Waals surface area contributed by atoms with Crippen LogP contribution in [0.4, 0.5) is 0 Å². The van der Waals surface area contributed by atoms with Gasteiger partial charge < -0.3 is 4.74 Å². The van der Waals surface area contributed by atoms with Gasteiger partial charge in [0.05, 0.1) is 7.11 Å². The third kappa shape index (κ3) is 1.81. The van der Waals surface area contributed by atoms with Gasteiger partial charge in [0.15, 0.2) is 0 Å². The summed E-state index contributed by atoms with van der Waals surface area (Å²) in [5.74, 6) is 0.474. The van der Waals surface area contributed by atoms with E-state index in [1.807, 2.05) is 0 Å². The van der Waals surface area contributed by atoms with E-state index in [4.69, 9.17) is 0 Å². The predicted octanol–water partition coefficient (Wildman–Crippen LogP) is 1.80. The van der Waals surface area contributed by atoms with Crippen LogP contribution in [0.15, 0.2) is 0 Å². The molecule has 0 heterocycles. The Morgan fingerprint density at radius 3 is 2.36 bits per heavy atom. The molecule has 1 aliphatic rings. The minimum absolute atomic E-state index is 0.0416. The fraction of sp³-hybridized carbons (Fsp3) is 0.818. The van der Waals surface area contributed by atoms with E-state index >= 15 is 0 Å². The van der Waals surface area contributed by atoms with Crippen molar-refractivity contribution in [3.63, 3.8) is 0 Å². The van der Waals surface area contributed by atoms with Crippen molar-refractivity contribution in [2.45, 2.75) is 33.6 Å². The first-order chi connectivity index (χ1) is 6.39. The Bertz CT molecular complexity index is 255. The number of ketones is 1. The Morgan fingerprint density at radius 1 is 1.43 bits per heavy atom. The fourth-order valence-corrected chi connectivity index (χ4v) is 2.34. The van der Waals surface area contributed by atoms with E-state index < -0.39 is 0 Å². The van der Waals surface area contributed by atoms with Gasteiger partial charge in [0, 0.05) is 12.3 Å². The van der Waals surface area contributed by atoms with Gasteiger partial charge in [-0.1, -0.05) is 13.8 Å². The summed E-state index contributed by atoms with van der Waals surface area (Å²) in [6.07, 6.45) is 1.27. The van der Waals surface area contributed by atoms with Gasteiger partial charge in [0.2, 0.25) is 0 Å². The van der Waals surface area contributed by atoms with E-state index in [0.29, 0.717) is 12.3 Å². The zero-order valence-corrected chi connectivity index (χ0v) is 9.29. The van der Waals surface area contributed by atoms with Crippen LogP contribution in [-0.2, 0) is 14.3 Å². The maximum absolute atomic E-state index is 11.2. The molecule has 0 bridgehead atoms. The molecule has 1 fully saturated rings. The Morgan fingerprint density at radius 2 is 2.00 bits per heavy atom. The summed E-state index contributed by atoms with van der Waals surface area (Å²) in [6, 6.07) is 0. The maximum Gasteiger partial charge on any atom is 0.305 e. The lowest BCUT2D eigenvalue weighted by Gasteiger charge is -2.50. The molecule has 3 nitrogen and oxygen atoms in total. The highest BCUT2D eigenvalue weighted by Crippen LogP contribution is 2.53. The molecule has 0 aromatic heterocycles. The SMILES string of the molecule is COC(=O)C[C@H]1C[C@H](C(C)=O)C1(C)C. The predicted molar refractivity (Wildman–Crippen MR) is 52.7 cm³/mol. The quantitative estimate of drug-likeness (QED) is 0.649. The van der Waals surface area contributed by atoms with Crippen LogP contribution in [0.5, 0.6) is 0 Å². The zero-order valence-electron chi connectivity index (χ0n) is 9.29. The second kappa shape index (κ2) is 3.71. The highest BCUT2D eigenvalue weighted by Gasteiger charge is 2.50. The molecule has 0 aromatic carbocycles. The van der Waals surface area contributed by atoms with Gasteiger partial charge in [-0.3, -0.25) is 9.59 Å². The number of hydrogen-bond acceptors (Lipinski definition) is 3. The van der Waals surface area contributed by atoms with Crippen molar-refractivity contribution in [3.05, 3.63) is 0 Å². The van der Waals surface area contributed by atoms with Crippen molar-refractivity contribution >= 4 is 11.8 Å². The minimum atomic E-state index is -0.176. The van der Waals surface area contributed by atoms with E-state index in [1.165, 1.54) is 7.11 Å². The average Bonchev–Trinajstić information content (AvgIpc) is 2.10. The van der Waals surface area contributed by atoms with Crippen LogP contribution >= 0.6 is 0 Å². The molecule has 0 aromatic rings. The summed E-state index contributed by atoms with van der Waals surface area (Å²) >= 11 is 0. The van der Waals surface area contributed by atoms with Crippen molar-refractivity contribution in [2.24, 2.45) is 17.3 Å². The maximum atomic E-state index is 11.2. The van der Waals surface area contributed by atoms with Crippen molar-refractivity contribution in [2.75, 3.05) is 7.11 Å². The summed E-state index contributed by atoms with van der Waals surface area (Å²) < 4.78 is 4.62. The van der Waals surface area contributed by atoms with Crippen molar-refractivity contribution < 1.29 is 14.3 Å². The van der Waals surface area contributed by atoms with Gasteiger partial charge in [-0.2, -0.15) is 0 Å². The summed E-state index contributed by atoms with van der Waals surface area (Å²) in [7, 11) is 1.40. The molecule has 14 heavy (non-hydrogen) atoms. The Balaban J connectivity index is 2.54. The van der Waals surface area contributed by atoms with Gasteiger partial charge >= 0.3 is 5.97 Å². The summed E-state index contributed by atoms with van der Waals surface area (Å²) in [5, 5.41) is 0. The van der Waals surface area contributed by atoms with Gasteiger partial charge in [-0.25, -0.2) is 0 Å². The Kier molecular flexibility index (Phi) is 2.98. The second-order valence-electron chi connectivity index (χ2n) is 4.70. The zero-order chi connectivity index (χ0) is 10.9. The normalized spacial score (nSPS) is 29.1. The second-order valence-corrected chi connectivity index (χ2v) is 4.70. The minimum Gasteiger partial charge on any atom is -0.469 e. The van der Waals surface area contributed by atoms with E-state index in [2.05, 4.69) is 18.6 Å². The van der Waals surface area contributed by atoms with Gasteiger partial charge in [-0.05, 0) is 24.7 Å². The van der Waals surface area contributed by atoms with Crippen LogP contribution in [0.2, 0.25) is 0 Å². The largest absolute Gasteiger partial charge is 0.469 e. The van der Waals surface area contributed by atoms with Gasteiger partial charge in [0.1, 0.15) is 5.78 Å². The van der Waals surface area contributed by atoms with E-state index in [9.17, 15) is 9.59 Å².